The van der Waals surface area contributed by atoms with Crippen LogP contribution < -0.4 is 20.1 Å². The van der Waals surface area contributed by atoms with Gasteiger partial charge in [-0.15, -0.1) is 0 Å². The molecule has 1 atom stereocenters. The van der Waals surface area contributed by atoms with Crippen LogP contribution in [-0.4, -0.2) is 44.7 Å². The Hall–Kier alpha value is -3.49. The molecule has 2 amide bonds. The summed E-state index contributed by atoms with van der Waals surface area (Å²) in [6.45, 7) is 3.44. The molecule has 0 spiro atoms. The van der Waals surface area contributed by atoms with E-state index in [1.165, 1.54) is 38.7 Å². The topological polar surface area (TPSA) is 116 Å². The minimum absolute atomic E-state index is 0.00182. The molecule has 0 radical (unpaired) electrons. The van der Waals surface area contributed by atoms with E-state index in [4.69, 9.17) is 18.6 Å². The Morgan fingerprint density at radius 2 is 1.83 bits per heavy atom. The Morgan fingerprint density at radius 3 is 2.43 bits per heavy atom. The highest BCUT2D eigenvalue weighted by atomic mass is 16.5. The van der Waals surface area contributed by atoms with E-state index < -0.39 is 24.4 Å². The van der Waals surface area contributed by atoms with Crippen LogP contribution in [0.3, 0.4) is 0 Å². The Kier molecular flexibility index (Phi) is 8.28. The number of rotatable bonds is 10. The van der Waals surface area contributed by atoms with Gasteiger partial charge >= 0.3 is 5.97 Å². The number of furan rings is 1. The average molecular weight is 418 g/mol. The van der Waals surface area contributed by atoms with E-state index in [0.29, 0.717) is 5.75 Å². The average Bonchev–Trinajstić information content (AvgIpc) is 3.26. The molecule has 2 N–H and O–H groups in total. The molecule has 2 aromatic rings. The zero-order valence-corrected chi connectivity index (χ0v) is 17.4. The lowest BCUT2D eigenvalue weighted by Crippen LogP contribution is -2.35. The number of methoxy groups -OCH3 is 2. The van der Waals surface area contributed by atoms with Gasteiger partial charge in [-0.05, 0) is 25.5 Å². The summed E-state index contributed by atoms with van der Waals surface area (Å²) in [6, 6.07) is 5.83. The minimum atomic E-state index is -0.802. The molecule has 0 saturated heterocycles. The van der Waals surface area contributed by atoms with Gasteiger partial charge in [-0.25, -0.2) is 4.79 Å². The summed E-state index contributed by atoms with van der Waals surface area (Å²) in [4.78, 5) is 37.0. The first-order chi connectivity index (χ1) is 14.4. The maximum absolute atomic E-state index is 12.6. The van der Waals surface area contributed by atoms with Crippen LogP contribution in [0.25, 0.3) is 0 Å². The normalized spacial score (nSPS) is 11.3. The second-order valence-corrected chi connectivity index (χ2v) is 6.52. The highest BCUT2D eigenvalue weighted by Gasteiger charge is 2.22. The van der Waals surface area contributed by atoms with E-state index in [2.05, 4.69) is 10.6 Å². The standard InChI is InChI=1S/C21H26N2O7/c1-5-7-13(2)22-19(24)12-30-21(26)14-10-17(27-3)18(28-4)11-15(14)23-20(25)16-8-6-9-29-16/h6,8-11,13H,5,7,12H2,1-4H3,(H,22,24)(H,23,25). The third-order valence-electron chi connectivity index (χ3n) is 4.20. The monoisotopic (exact) mass is 418 g/mol. The highest BCUT2D eigenvalue weighted by molar-refractivity contribution is 6.07. The molecule has 2 rings (SSSR count). The van der Waals surface area contributed by atoms with Gasteiger partial charge in [-0.2, -0.15) is 0 Å². The number of benzene rings is 1. The van der Waals surface area contributed by atoms with Crippen molar-refractivity contribution in [2.24, 2.45) is 0 Å². The van der Waals surface area contributed by atoms with Crippen molar-refractivity contribution in [1.82, 2.24) is 5.32 Å². The SMILES string of the molecule is CCCC(C)NC(=O)COC(=O)c1cc(OC)c(OC)cc1NC(=O)c1ccco1. The van der Waals surface area contributed by atoms with Gasteiger partial charge in [0.15, 0.2) is 23.9 Å². The fourth-order valence-electron chi connectivity index (χ4n) is 2.77. The van der Waals surface area contributed by atoms with Crippen LogP contribution >= 0.6 is 0 Å². The molecule has 9 heteroatoms. The molecule has 0 aliphatic heterocycles. The molecule has 1 aromatic heterocycles. The van der Waals surface area contributed by atoms with Crippen LogP contribution in [0.4, 0.5) is 5.69 Å². The van der Waals surface area contributed by atoms with E-state index in [-0.39, 0.29) is 28.8 Å². The first kappa shape index (κ1) is 22.8. The smallest absolute Gasteiger partial charge is 0.340 e. The van der Waals surface area contributed by atoms with E-state index >= 15 is 0 Å². The van der Waals surface area contributed by atoms with Gasteiger partial charge in [-0.3, -0.25) is 9.59 Å². The quantitative estimate of drug-likeness (QED) is 0.570. The number of hydrogen-bond acceptors (Lipinski definition) is 7. The summed E-state index contributed by atoms with van der Waals surface area (Å²) in [5.41, 5.74) is 0.126. The van der Waals surface area contributed by atoms with E-state index in [1.54, 1.807) is 6.07 Å². The first-order valence-electron chi connectivity index (χ1n) is 9.46. The van der Waals surface area contributed by atoms with Crippen LogP contribution in [0.2, 0.25) is 0 Å². The summed E-state index contributed by atoms with van der Waals surface area (Å²) in [7, 11) is 2.84. The summed E-state index contributed by atoms with van der Waals surface area (Å²) in [6.07, 6.45) is 3.10. The summed E-state index contributed by atoms with van der Waals surface area (Å²) in [5.74, 6) is -1.15. The second kappa shape index (κ2) is 10.9. The third kappa shape index (κ3) is 6.00. The van der Waals surface area contributed by atoms with Crippen molar-refractivity contribution in [3.63, 3.8) is 0 Å². The Labute approximate surface area is 174 Å². The van der Waals surface area contributed by atoms with Gasteiger partial charge in [0, 0.05) is 18.2 Å². The van der Waals surface area contributed by atoms with Crippen molar-refractivity contribution in [2.45, 2.75) is 32.7 Å². The lowest BCUT2D eigenvalue weighted by atomic mass is 10.1. The van der Waals surface area contributed by atoms with Crippen molar-refractivity contribution >= 4 is 23.5 Å². The number of esters is 1. The van der Waals surface area contributed by atoms with Crippen LogP contribution in [0.5, 0.6) is 11.5 Å². The zero-order chi connectivity index (χ0) is 22.1. The van der Waals surface area contributed by atoms with E-state index in [1.807, 2.05) is 13.8 Å². The van der Waals surface area contributed by atoms with Gasteiger partial charge in [0.1, 0.15) is 0 Å². The Bertz CT molecular complexity index is 878. The number of carbonyl (C=O) groups is 3. The Balaban J connectivity index is 2.20. The minimum Gasteiger partial charge on any atom is -0.493 e. The van der Waals surface area contributed by atoms with Gasteiger partial charge in [-0.1, -0.05) is 13.3 Å². The molecule has 162 valence electrons. The Morgan fingerprint density at radius 1 is 1.13 bits per heavy atom. The maximum Gasteiger partial charge on any atom is 0.340 e. The number of hydrogen-bond donors (Lipinski definition) is 2. The fraction of sp³-hybridized carbons (Fsp3) is 0.381. The number of ether oxygens (including phenoxy) is 3. The second-order valence-electron chi connectivity index (χ2n) is 6.52. The summed E-state index contributed by atoms with van der Waals surface area (Å²) < 4.78 is 20.7. The molecular weight excluding hydrogens is 392 g/mol. The van der Waals surface area contributed by atoms with Crippen molar-refractivity contribution in [2.75, 3.05) is 26.1 Å². The maximum atomic E-state index is 12.6. The number of carbonyl (C=O) groups excluding carboxylic acids is 3. The highest BCUT2D eigenvalue weighted by Crippen LogP contribution is 2.34. The van der Waals surface area contributed by atoms with Crippen molar-refractivity contribution in [3.8, 4) is 11.5 Å². The molecular formula is C21H26N2O7. The van der Waals surface area contributed by atoms with Gasteiger partial charge in [0.25, 0.3) is 11.8 Å². The van der Waals surface area contributed by atoms with E-state index in [0.717, 1.165) is 12.8 Å². The number of nitrogens with one attached hydrogen (secondary N) is 2. The molecule has 1 heterocycles. The predicted molar refractivity (Wildman–Crippen MR) is 109 cm³/mol. The summed E-state index contributed by atoms with van der Waals surface area (Å²) in [5, 5.41) is 5.34. The third-order valence-corrected chi connectivity index (χ3v) is 4.20. The number of amides is 2. The van der Waals surface area contributed by atoms with Crippen LogP contribution in [0, 0.1) is 0 Å². The van der Waals surface area contributed by atoms with Gasteiger partial charge < -0.3 is 29.3 Å². The molecule has 0 saturated carbocycles. The van der Waals surface area contributed by atoms with Crippen molar-refractivity contribution in [3.05, 3.63) is 41.9 Å². The summed E-state index contributed by atoms with van der Waals surface area (Å²) >= 11 is 0. The molecule has 0 aliphatic carbocycles. The lowest BCUT2D eigenvalue weighted by molar-refractivity contribution is -0.124. The molecule has 0 aliphatic rings. The fourth-order valence-corrected chi connectivity index (χ4v) is 2.77. The molecule has 0 fully saturated rings. The van der Waals surface area contributed by atoms with Crippen molar-refractivity contribution < 1.29 is 33.0 Å². The van der Waals surface area contributed by atoms with Crippen molar-refractivity contribution in [1.29, 1.82) is 0 Å². The largest absolute Gasteiger partial charge is 0.493 e. The molecule has 30 heavy (non-hydrogen) atoms. The first-order valence-corrected chi connectivity index (χ1v) is 9.46. The van der Waals surface area contributed by atoms with Crippen LogP contribution in [-0.2, 0) is 9.53 Å². The molecule has 1 aromatic carbocycles. The van der Waals surface area contributed by atoms with Gasteiger partial charge in [0.2, 0.25) is 0 Å². The zero-order valence-electron chi connectivity index (χ0n) is 17.4. The molecule has 0 bridgehead atoms. The predicted octanol–water partition coefficient (Wildman–Crippen LogP) is 3.01. The van der Waals surface area contributed by atoms with Gasteiger partial charge in [0.05, 0.1) is 31.7 Å². The molecule has 1 unspecified atom stereocenters. The number of anilines is 1. The molecule has 9 nitrogen and oxygen atoms in total. The van der Waals surface area contributed by atoms with Crippen LogP contribution in [0.1, 0.15) is 47.6 Å². The van der Waals surface area contributed by atoms with Crippen LogP contribution in [0.15, 0.2) is 34.9 Å². The lowest BCUT2D eigenvalue weighted by Gasteiger charge is -2.16. The van der Waals surface area contributed by atoms with E-state index in [9.17, 15) is 14.4 Å².